The van der Waals surface area contributed by atoms with Crippen molar-refractivity contribution in [3.8, 4) is 0 Å². The molecule has 2 atom stereocenters. The highest BCUT2D eigenvalue weighted by molar-refractivity contribution is 5.85. The summed E-state index contributed by atoms with van der Waals surface area (Å²) in [5.74, 6) is -0.275. The van der Waals surface area contributed by atoms with Gasteiger partial charge in [0, 0.05) is 0 Å². The Labute approximate surface area is 88.9 Å². The Morgan fingerprint density at radius 1 is 1.53 bits per heavy atom. The molecule has 0 fully saturated rings. The largest absolute Gasteiger partial charge is 0.375 e. The molecule has 0 saturated carbocycles. The molecule has 0 saturated heterocycles. The predicted octanol–water partition coefficient (Wildman–Crippen LogP) is 1.26. The van der Waals surface area contributed by atoms with Crippen LogP contribution in [0.5, 0.6) is 0 Å². The van der Waals surface area contributed by atoms with Crippen molar-refractivity contribution in [2.75, 3.05) is 0 Å². The summed E-state index contributed by atoms with van der Waals surface area (Å²) < 4.78 is 0. The molecule has 0 radical (unpaired) electrons. The Morgan fingerprint density at radius 3 is 2.87 bits per heavy atom. The Morgan fingerprint density at radius 2 is 2.20 bits per heavy atom. The highest BCUT2D eigenvalue weighted by Gasteiger charge is 2.41. The lowest BCUT2D eigenvalue weighted by Crippen LogP contribution is -2.44. The molecule has 0 aromatic heterocycles. The number of hydrogen-bond donors (Lipinski definition) is 2. The molecule has 80 valence electrons. The normalized spacial score (nSPS) is 29.6. The number of rotatable bonds is 1. The summed E-state index contributed by atoms with van der Waals surface area (Å²) in [5, 5.41) is 10.2. The third-order valence-electron chi connectivity index (χ3n) is 3.28. The Hall–Kier alpha value is -1.35. The first-order chi connectivity index (χ1) is 7.05. The van der Waals surface area contributed by atoms with E-state index in [4.69, 9.17) is 5.73 Å². The van der Waals surface area contributed by atoms with Gasteiger partial charge in [0.15, 0.2) is 5.60 Å². The molecule has 0 aliphatic heterocycles. The number of fused-ring (bicyclic) bond motifs is 1. The number of amides is 1. The minimum absolute atomic E-state index is 0.376. The topological polar surface area (TPSA) is 63.3 Å². The van der Waals surface area contributed by atoms with Crippen molar-refractivity contribution in [2.45, 2.75) is 31.3 Å². The van der Waals surface area contributed by atoms with Crippen LogP contribution in [0.4, 0.5) is 0 Å². The van der Waals surface area contributed by atoms with Gasteiger partial charge < -0.3 is 10.8 Å². The van der Waals surface area contributed by atoms with E-state index in [0.29, 0.717) is 17.9 Å². The van der Waals surface area contributed by atoms with Crippen LogP contribution in [0.15, 0.2) is 24.3 Å². The molecule has 1 aromatic carbocycles. The second-order valence-electron chi connectivity index (χ2n) is 4.25. The number of aliphatic hydroxyl groups is 1. The van der Waals surface area contributed by atoms with E-state index in [-0.39, 0.29) is 0 Å². The number of benzene rings is 1. The highest BCUT2D eigenvalue weighted by atomic mass is 16.3. The molecule has 1 aliphatic rings. The fourth-order valence-electron chi connectivity index (χ4n) is 2.27. The summed E-state index contributed by atoms with van der Waals surface area (Å²) in [5.41, 5.74) is 5.51. The van der Waals surface area contributed by atoms with Gasteiger partial charge in [-0.15, -0.1) is 0 Å². The van der Waals surface area contributed by atoms with Gasteiger partial charge in [-0.2, -0.15) is 0 Å². The van der Waals surface area contributed by atoms with Gasteiger partial charge in [0.1, 0.15) is 0 Å². The first kappa shape index (κ1) is 10.2. The van der Waals surface area contributed by atoms with E-state index in [9.17, 15) is 9.90 Å². The van der Waals surface area contributed by atoms with E-state index in [2.05, 4.69) is 6.92 Å². The molecule has 0 spiro atoms. The van der Waals surface area contributed by atoms with Gasteiger partial charge in [-0.25, -0.2) is 0 Å². The van der Waals surface area contributed by atoms with Crippen LogP contribution in [0.1, 0.15) is 36.8 Å². The average molecular weight is 205 g/mol. The standard InChI is InChI=1S/C12H15NO2/c1-8-6-7-12(15,11(13)14)10-5-3-2-4-9(8)10/h2-5,8,15H,6-7H2,1H3,(H2,13,14). The van der Waals surface area contributed by atoms with E-state index < -0.39 is 11.5 Å². The molecule has 1 amide bonds. The van der Waals surface area contributed by atoms with Gasteiger partial charge in [0.2, 0.25) is 0 Å². The molecular formula is C12H15NO2. The Balaban J connectivity index is 2.58. The van der Waals surface area contributed by atoms with Crippen molar-refractivity contribution in [1.82, 2.24) is 0 Å². The van der Waals surface area contributed by atoms with E-state index >= 15 is 0 Å². The number of hydrogen-bond acceptors (Lipinski definition) is 2. The monoisotopic (exact) mass is 205 g/mol. The second-order valence-corrected chi connectivity index (χ2v) is 4.25. The molecule has 3 heteroatoms. The lowest BCUT2D eigenvalue weighted by molar-refractivity contribution is -0.139. The summed E-state index contributed by atoms with van der Waals surface area (Å²) in [6, 6.07) is 7.48. The molecule has 0 bridgehead atoms. The molecule has 1 aromatic rings. The minimum Gasteiger partial charge on any atom is -0.375 e. The number of nitrogens with two attached hydrogens (primary N) is 1. The minimum atomic E-state index is -1.47. The quantitative estimate of drug-likeness (QED) is 0.725. The van der Waals surface area contributed by atoms with Crippen LogP contribution in [-0.4, -0.2) is 11.0 Å². The molecule has 3 N–H and O–H groups in total. The number of carbonyl (C=O) groups excluding carboxylic acids is 1. The zero-order valence-electron chi connectivity index (χ0n) is 8.73. The van der Waals surface area contributed by atoms with Crippen molar-refractivity contribution in [1.29, 1.82) is 0 Å². The summed E-state index contributed by atoms with van der Waals surface area (Å²) in [6.07, 6.45) is 1.21. The maximum absolute atomic E-state index is 11.3. The van der Waals surface area contributed by atoms with Gasteiger partial charge in [0.25, 0.3) is 5.91 Å². The molecule has 3 nitrogen and oxygen atoms in total. The van der Waals surface area contributed by atoms with Crippen molar-refractivity contribution in [3.05, 3.63) is 35.4 Å². The summed E-state index contributed by atoms with van der Waals surface area (Å²) in [7, 11) is 0. The van der Waals surface area contributed by atoms with Crippen molar-refractivity contribution in [3.63, 3.8) is 0 Å². The van der Waals surface area contributed by atoms with E-state index in [0.717, 1.165) is 12.0 Å². The molecule has 2 unspecified atom stereocenters. The maximum atomic E-state index is 11.3. The fourth-order valence-corrected chi connectivity index (χ4v) is 2.27. The van der Waals surface area contributed by atoms with E-state index in [1.807, 2.05) is 18.2 Å². The zero-order valence-corrected chi connectivity index (χ0v) is 8.73. The molecule has 15 heavy (non-hydrogen) atoms. The van der Waals surface area contributed by atoms with Crippen molar-refractivity contribution < 1.29 is 9.90 Å². The van der Waals surface area contributed by atoms with Crippen LogP contribution in [0.3, 0.4) is 0 Å². The first-order valence-electron chi connectivity index (χ1n) is 5.17. The lowest BCUT2D eigenvalue weighted by atomic mass is 9.74. The molecular weight excluding hydrogens is 190 g/mol. The fraction of sp³-hybridized carbons (Fsp3) is 0.417. The van der Waals surface area contributed by atoms with Crippen LogP contribution in [0.25, 0.3) is 0 Å². The Kier molecular flexibility index (Phi) is 2.27. The Bertz CT molecular complexity index is 402. The third kappa shape index (κ3) is 1.43. The van der Waals surface area contributed by atoms with Crippen LogP contribution >= 0.6 is 0 Å². The van der Waals surface area contributed by atoms with Gasteiger partial charge in [-0.3, -0.25) is 4.79 Å². The van der Waals surface area contributed by atoms with Crippen molar-refractivity contribution >= 4 is 5.91 Å². The van der Waals surface area contributed by atoms with Crippen molar-refractivity contribution in [2.24, 2.45) is 5.73 Å². The van der Waals surface area contributed by atoms with Gasteiger partial charge in [0.05, 0.1) is 0 Å². The van der Waals surface area contributed by atoms with Crippen LogP contribution in [-0.2, 0) is 10.4 Å². The highest BCUT2D eigenvalue weighted by Crippen LogP contribution is 2.40. The maximum Gasteiger partial charge on any atom is 0.254 e. The predicted molar refractivity (Wildman–Crippen MR) is 57.2 cm³/mol. The van der Waals surface area contributed by atoms with E-state index in [1.54, 1.807) is 6.07 Å². The van der Waals surface area contributed by atoms with E-state index in [1.165, 1.54) is 0 Å². The van der Waals surface area contributed by atoms with Crippen LogP contribution in [0.2, 0.25) is 0 Å². The lowest BCUT2D eigenvalue weighted by Gasteiger charge is -2.34. The average Bonchev–Trinajstić information content (AvgIpc) is 2.24. The SMILES string of the molecule is CC1CCC(O)(C(N)=O)c2ccccc21. The van der Waals surface area contributed by atoms with Gasteiger partial charge in [-0.1, -0.05) is 31.2 Å². The summed E-state index contributed by atoms with van der Waals surface area (Å²) in [4.78, 5) is 11.3. The van der Waals surface area contributed by atoms with Gasteiger partial charge >= 0.3 is 0 Å². The zero-order chi connectivity index (χ0) is 11.1. The van der Waals surface area contributed by atoms with Gasteiger partial charge in [-0.05, 0) is 29.9 Å². The van der Waals surface area contributed by atoms with Crippen LogP contribution in [0, 0.1) is 0 Å². The first-order valence-corrected chi connectivity index (χ1v) is 5.17. The third-order valence-corrected chi connectivity index (χ3v) is 3.28. The molecule has 1 aliphatic carbocycles. The second kappa shape index (κ2) is 3.35. The number of primary amides is 1. The molecule has 0 heterocycles. The summed E-state index contributed by atoms with van der Waals surface area (Å²) >= 11 is 0. The van der Waals surface area contributed by atoms with Crippen LogP contribution < -0.4 is 5.73 Å². The molecule has 2 rings (SSSR count). The smallest absolute Gasteiger partial charge is 0.254 e. The number of carbonyl (C=O) groups is 1. The summed E-state index contributed by atoms with van der Waals surface area (Å²) in [6.45, 7) is 2.10.